The van der Waals surface area contributed by atoms with Gasteiger partial charge < -0.3 is 10.1 Å². The fourth-order valence-electron chi connectivity index (χ4n) is 2.76. The van der Waals surface area contributed by atoms with E-state index in [1.165, 1.54) is 23.1 Å². The first-order valence-corrected chi connectivity index (χ1v) is 11.5. The second kappa shape index (κ2) is 9.95. The molecule has 7 nitrogen and oxygen atoms in total. The molecule has 158 valence electrons. The minimum atomic E-state index is -0.161. The van der Waals surface area contributed by atoms with E-state index in [1.54, 1.807) is 18.2 Å². The number of hydrogen-bond donors (Lipinski definition) is 1. The molecule has 0 bridgehead atoms. The molecule has 2 aromatic carbocycles. The third kappa shape index (κ3) is 5.25. The number of rotatable bonds is 9. The number of thiazole rings is 1. The Balaban J connectivity index is 1.38. The molecule has 1 amide bonds. The summed E-state index contributed by atoms with van der Waals surface area (Å²) >= 11 is 8.87. The Morgan fingerprint density at radius 3 is 2.84 bits per heavy atom. The summed E-state index contributed by atoms with van der Waals surface area (Å²) in [6.45, 7) is 4.48. The second-order valence-corrected chi connectivity index (χ2v) is 8.72. The van der Waals surface area contributed by atoms with Crippen molar-refractivity contribution in [1.82, 2.24) is 19.7 Å². The molecule has 0 atom stereocenters. The summed E-state index contributed by atoms with van der Waals surface area (Å²) in [5, 5.41) is 13.0. The Morgan fingerprint density at radius 2 is 2.03 bits per heavy atom. The van der Waals surface area contributed by atoms with Gasteiger partial charge in [0.1, 0.15) is 12.4 Å². The first kappa shape index (κ1) is 21.4. The van der Waals surface area contributed by atoms with Crippen LogP contribution in [0.5, 0.6) is 5.75 Å². The summed E-state index contributed by atoms with van der Waals surface area (Å²) in [5.41, 5.74) is 0.865. The van der Waals surface area contributed by atoms with E-state index >= 15 is 0 Å². The summed E-state index contributed by atoms with van der Waals surface area (Å²) in [6.07, 6.45) is 1.74. The lowest BCUT2D eigenvalue weighted by Gasteiger charge is -2.10. The van der Waals surface area contributed by atoms with E-state index in [2.05, 4.69) is 27.1 Å². The van der Waals surface area contributed by atoms with E-state index < -0.39 is 0 Å². The molecule has 0 fully saturated rings. The molecule has 4 rings (SSSR count). The monoisotopic (exact) mass is 471 g/mol. The van der Waals surface area contributed by atoms with Crippen LogP contribution < -0.4 is 10.1 Å². The summed E-state index contributed by atoms with van der Waals surface area (Å²) in [5.74, 6) is 1.21. The molecule has 0 aliphatic heterocycles. The van der Waals surface area contributed by atoms with Crippen LogP contribution in [-0.4, -0.2) is 31.4 Å². The summed E-state index contributed by atoms with van der Waals surface area (Å²) in [6, 6.07) is 15.0. The van der Waals surface area contributed by atoms with Crippen molar-refractivity contribution in [2.24, 2.45) is 0 Å². The van der Waals surface area contributed by atoms with E-state index in [1.807, 2.05) is 41.0 Å². The van der Waals surface area contributed by atoms with Gasteiger partial charge in [0.2, 0.25) is 5.91 Å². The van der Waals surface area contributed by atoms with Gasteiger partial charge >= 0.3 is 0 Å². The lowest BCUT2D eigenvalue weighted by Crippen LogP contribution is -2.14. The number of carbonyl (C=O) groups is 1. The van der Waals surface area contributed by atoms with Crippen molar-refractivity contribution in [2.75, 3.05) is 11.1 Å². The molecule has 0 spiro atoms. The maximum atomic E-state index is 12.4. The van der Waals surface area contributed by atoms with Crippen LogP contribution in [0.2, 0.25) is 5.02 Å². The molecule has 1 N–H and O–H groups in total. The van der Waals surface area contributed by atoms with Crippen LogP contribution in [0.3, 0.4) is 0 Å². The average molecular weight is 472 g/mol. The molecule has 0 unspecified atom stereocenters. The lowest BCUT2D eigenvalue weighted by molar-refractivity contribution is -0.113. The highest BCUT2D eigenvalue weighted by atomic mass is 35.5. The molecule has 2 heterocycles. The van der Waals surface area contributed by atoms with Gasteiger partial charge in [0.15, 0.2) is 16.1 Å². The molecule has 0 saturated carbocycles. The third-order valence-corrected chi connectivity index (χ3v) is 6.40. The number of benzene rings is 2. The Labute approximate surface area is 192 Å². The van der Waals surface area contributed by atoms with Gasteiger partial charge in [-0.3, -0.25) is 9.36 Å². The Bertz CT molecular complexity index is 1190. The van der Waals surface area contributed by atoms with E-state index in [9.17, 15) is 4.79 Å². The number of allylic oxidation sites excluding steroid dienone is 1. The zero-order valence-electron chi connectivity index (χ0n) is 16.3. The molecule has 31 heavy (non-hydrogen) atoms. The standard InChI is InChI=1S/C21H18ClN5O2S2/c1-2-11-27-18(12-29-16-9-5-3-7-14(16)22)25-26-21(27)30-13-19(28)24-20-23-15-8-4-6-10-17(15)31-20/h2-10H,1,11-13H2,(H,23,24,28). The van der Waals surface area contributed by atoms with Gasteiger partial charge in [-0.15, -0.1) is 16.8 Å². The van der Waals surface area contributed by atoms with Gasteiger partial charge in [0, 0.05) is 6.54 Å². The van der Waals surface area contributed by atoms with Crippen LogP contribution in [0.15, 0.2) is 66.3 Å². The number of thioether (sulfide) groups is 1. The number of anilines is 1. The first-order chi connectivity index (χ1) is 15.1. The number of para-hydroxylation sites is 2. The topological polar surface area (TPSA) is 81.9 Å². The quantitative estimate of drug-likeness (QED) is 0.272. The van der Waals surface area contributed by atoms with E-state index in [-0.39, 0.29) is 18.3 Å². The van der Waals surface area contributed by atoms with Crippen molar-refractivity contribution >= 4 is 56.0 Å². The lowest BCUT2D eigenvalue weighted by atomic mass is 10.3. The van der Waals surface area contributed by atoms with Crippen molar-refractivity contribution in [1.29, 1.82) is 0 Å². The molecular formula is C21H18ClN5O2S2. The molecule has 0 aliphatic carbocycles. The number of carbonyl (C=O) groups excluding carboxylic acids is 1. The maximum Gasteiger partial charge on any atom is 0.236 e. The average Bonchev–Trinajstić information content (AvgIpc) is 3.35. The molecule has 4 aromatic rings. The van der Waals surface area contributed by atoms with E-state index in [0.717, 1.165) is 10.2 Å². The van der Waals surface area contributed by atoms with Crippen molar-refractivity contribution in [3.63, 3.8) is 0 Å². The summed E-state index contributed by atoms with van der Waals surface area (Å²) < 4.78 is 8.66. The predicted octanol–water partition coefficient (Wildman–Crippen LogP) is 5.04. The second-order valence-electron chi connectivity index (χ2n) is 6.34. The smallest absolute Gasteiger partial charge is 0.236 e. The van der Waals surface area contributed by atoms with E-state index in [0.29, 0.717) is 33.4 Å². The number of hydrogen-bond acceptors (Lipinski definition) is 7. The third-order valence-electron chi connectivity index (χ3n) is 4.17. The minimum Gasteiger partial charge on any atom is -0.484 e. The number of aromatic nitrogens is 4. The van der Waals surface area contributed by atoms with Crippen molar-refractivity contribution in [3.05, 3.63) is 72.0 Å². The summed E-state index contributed by atoms with van der Waals surface area (Å²) in [7, 11) is 0. The minimum absolute atomic E-state index is 0.161. The van der Waals surface area contributed by atoms with Gasteiger partial charge in [-0.1, -0.05) is 65.0 Å². The van der Waals surface area contributed by atoms with Gasteiger partial charge in [-0.2, -0.15) is 0 Å². The Kier molecular flexibility index (Phi) is 6.86. The SMILES string of the molecule is C=CCn1c(COc2ccccc2Cl)nnc1SCC(=O)Nc1nc2ccccc2s1. The number of nitrogens with zero attached hydrogens (tertiary/aromatic N) is 4. The Hall–Kier alpha value is -2.88. The van der Waals surface area contributed by atoms with Gasteiger partial charge in [-0.25, -0.2) is 4.98 Å². The number of nitrogens with one attached hydrogen (secondary N) is 1. The fourth-order valence-corrected chi connectivity index (χ4v) is 4.60. The summed E-state index contributed by atoms with van der Waals surface area (Å²) in [4.78, 5) is 16.8. The highest BCUT2D eigenvalue weighted by Gasteiger charge is 2.15. The van der Waals surface area contributed by atoms with Gasteiger partial charge in [0.25, 0.3) is 0 Å². The van der Waals surface area contributed by atoms with Crippen LogP contribution >= 0.6 is 34.7 Å². The predicted molar refractivity (Wildman–Crippen MR) is 125 cm³/mol. The number of halogens is 1. The zero-order valence-corrected chi connectivity index (χ0v) is 18.7. The van der Waals surface area contributed by atoms with Crippen LogP contribution in [-0.2, 0) is 17.9 Å². The van der Waals surface area contributed by atoms with Crippen molar-refractivity contribution < 1.29 is 9.53 Å². The molecule has 0 saturated heterocycles. The molecular weight excluding hydrogens is 454 g/mol. The van der Waals surface area contributed by atoms with Gasteiger partial charge in [0.05, 0.1) is 21.0 Å². The maximum absolute atomic E-state index is 12.4. The molecule has 0 radical (unpaired) electrons. The van der Waals surface area contributed by atoms with Crippen LogP contribution in [0, 0.1) is 0 Å². The van der Waals surface area contributed by atoms with Gasteiger partial charge in [-0.05, 0) is 24.3 Å². The fraction of sp³-hybridized carbons (Fsp3) is 0.143. The molecule has 2 aromatic heterocycles. The first-order valence-electron chi connectivity index (χ1n) is 9.32. The van der Waals surface area contributed by atoms with Crippen molar-refractivity contribution in [3.8, 4) is 5.75 Å². The highest BCUT2D eigenvalue weighted by molar-refractivity contribution is 7.99. The van der Waals surface area contributed by atoms with Crippen LogP contribution in [0.1, 0.15) is 5.82 Å². The Morgan fingerprint density at radius 1 is 1.23 bits per heavy atom. The number of ether oxygens (including phenoxy) is 1. The largest absolute Gasteiger partial charge is 0.484 e. The van der Waals surface area contributed by atoms with Crippen molar-refractivity contribution in [2.45, 2.75) is 18.3 Å². The molecule has 0 aliphatic rings. The number of fused-ring (bicyclic) bond motifs is 1. The zero-order chi connectivity index (χ0) is 21.6. The van der Waals surface area contributed by atoms with E-state index in [4.69, 9.17) is 16.3 Å². The highest BCUT2D eigenvalue weighted by Crippen LogP contribution is 2.27. The number of amides is 1. The van der Waals surface area contributed by atoms with Crippen LogP contribution in [0.25, 0.3) is 10.2 Å². The van der Waals surface area contributed by atoms with Crippen LogP contribution in [0.4, 0.5) is 5.13 Å². The molecule has 10 heteroatoms. The normalized spacial score (nSPS) is 10.9.